The van der Waals surface area contributed by atoms with E-state index in [1.54, 1.807) is 0 Å². The molecule has 3 unspecified atom stereocenters. The molecule has 3 saturated carbocycles. The first-order chi connectivity index (χ1) is 29.0. The van der Waals surface area contributed by atoms with Gasteiger partial charge < -0.3 is 4.90 Å². The first-order valence-electron chi connectivity index (χ1n) is 22.5. The highest BCUT2D eigenvalue weighted by molar-refractivity contribution is 6.01. The number of nitrogens with zero attached hydrogens (tertiary/aromatic N) is 1. The Hall–Kier alpha value is -5.66. The smallest absolute Gasteiger partial charge is 0.0543 e. The van der Waals surface area contributed by atoms with Crippen molar-refractivity contribution in [2.24, 2.45) is 11.8 Å². The highest BCUT2D eigenvalue weighted by Crippen LogP contribution is 2.58. The highest BCUT2D eigenvalue weighted by Gasteiger charge is 2.42. The molecule has 0 heterocycles. The summed E-state index contributed by atoms with van der Waals surface area (Å²) >= 11 is 0. The van der Waals surface area contributed by atoms with Crippen molar-refractivity contribution in [3.8, 4) is 44.5 Å². The normalized spacial score (nSPS) is 20.3. The SMILES string of the molecule is CC1(C)c2cccc(-c3ccccc3)c2-c2ccc(N(c3ccc(-c4ccccc4C4CCCCC4)cc3)c3ccc(C4CC5CCC4C5)cc3)c(-c3ccccc3)c21. The van der Waals surface area contributed by atoms with Gasteiger partial charge in [0.25, 0.3) is 0 Å². The van der Waals surface area contributed by atoms with Crippen molar-refractivity contribution in [2.45, 2.75) is 88.9 Å². The lowest BCUT2D eigenvalue weighted by Crippen LogP contribution is -2.19. The van der Waals surface area contributed by atoms with E-state index in [0.29, 0.717) is 11.8 Å². The molecule has 0 saturated heterocycles. The van der Waals surface area contributed by atoms with Gasteiger partial charge in [-0.25, -0.2) is 0 Å². The summed E-state index contributed by atoms with van der Waals surface area (Å²) < 4.78 is 0. The van der Waals surface area contributed by atoms with Crippen LogP contribution in [0.15, 0.2) is 164 Å². The Labute approximate surface area is 351 Å². The van der Waals surface area contributed by atoms with Gasteiger partial charge in [0.2, 0.25) is 0 Å². The van der Waals surface area contributed by atoms with E-state index < -0.39 is 0 Å². The van der Waals surface area contributed by atoms with Crippen LogP contribution in [0.25, 0.3) is 44.5 Å². The van der Waals surface area contributed by atoms with Crippen molar-refractivity contribution in [1.82, 2.24) is 0 Å². The predicted octanol–water partition coefficient (Wildman–Crippen LogP) is 16.4. The second-order valence-electron chi connectivity index (χ2n) is 18.6. The first kappa shape index (κ1) is 36.4. The molecule has 7 aromatic carbocycles. The monoisotopic (exact) mass is 765 g/mol. The average Bonchev–Trinajstić information content (AvgIpc) is 4.01. The standard InChI is InChI=1S/C58H55N/c1-58(2)53-24-14-23-50(41-17-8-4-9-18-41)56(53)51-35-36-54(55(57(51)58)44-19-10-5-11-20-44)59(47-33-29-43(30-34-47)52-38-39-25-26-45(52)37-39)46-31-27-42(28-32-46)49-22-13-12-21-48(49)40-15-6-3-7-16-40/h4-5,8-14,17-24,27-36,39-40,45,52H,3,6-7,15-16,25-26,37-38H2,1-2H3. The van der Waals surface area contributed by atoms with Gasteiger partial charge in [-0.2, -0.15) is 0 Å². The third-order valence-electron chi connectivity index (χ3n) is 15.0. The van der Waals surface area contributed by atoms with E-state index >= 15 is 0 Å². The Morgan fingerprint density at radius 2 is 1.12 bits per heavy atom. The van der Waals surface area contributed by atoms with Crippen LogP contribution in [0.3, 0.4) is 0 Å². The molecule has 292 valence electrons. The minimum absolute atomic E-state index is 0.222. The van der Waals surface area contributed by atoms with Gasteiger partial charge in [0.1, 0.15) is 0 Å². The molecule has 3 atom stereocenters. The molecule has 0 aromatic heterocycles. The number of rotatable bonds is 8. The van der Waals surface area contributed by atoms with E-state index in [4.69, 9.17) is 0 Å². The number of hydrogen-bond acceptors (Lipinski definition) is 1. The lowest BCUT2D eigenvalue weighted by Gasteiger charge is -2.32. The third kappa shape index (κ3) is 6.28. The quantitative estimate of drug-likeness (QED) is 0.149. The van der Waals surface area contributed by atoms with Gasteiger partial charge in [0, 0.05) is 22.4 Å². The van der Waals surface area contributed by atoms with E-state index in [9.17, 15) is 0 Å². The van der Waals surface area contributed by atoms with Crippen LogP contribution >= 0.6 is 0 Å². The number of anilines is 3. The largest absolute Gasteiger partial charge is 0.310 e. The summed E-state index contributed by atoms with van der Waals surface area (Å²) in [5, 5.41) is 0. The van der Waals surface area contributed by atoms with Crippen molar-refractivity contribution in [2.75, 3.05) is 4.90 Å². The molecule has 11 rings (SSSR count). The van der Waals surface area contributed by atoms with E-state index in [2.05, 4.69) is 183 Å². The molecule has 0 radical (unpaired) electrons. The molecule has 7 aromatic rings. The van der Waals surface area contributed by atoms with Crippen molar-refractivity contribution in [3.05, 3.63) is 186 Å². The molecule has 1 heteroatoms. The summed E-state index contributed by atoms with van der Waals surface area (Å²) in [6.45, 7) is 4.88. The van der Waals surface area contributed by atoms with Crippen LogP contribution in [0, 0.1) is 11.8 Å². The minimum Gasteiger partial charge on any atom is -0.310 e. The maximum atomic E-state index is 2.56. The van der Waals surface area contributed by atoms with Crippen molar-refractivity contribution < 1.29 is 0 Å². The van der Waals surface area contributed by atoms with Crippen molar-refractivity contribution in [1.29, 1.82) is 0 Å². The summed E-state index contributed by atoms with van der Waals surface area (Å²) in [7, 11) is 0. The molecule has 2 bridgehead atoms. The van der Waals surface area contributed by atoms with Crippen LogP contribution in [-0.4, -0.2) is 0 Å². The van der Waals surface area contributed by atoms with Crippen LogP contribution in [0.4, 0.5) is 17.1 Å². The molecule has 3 fully saturated rings. The summed E-state index contributed by atoms with van der Waals surface area (Å²) in [6.07, 6.45) is 12.3. The van der Waals surface area contributed by atoms with Crippen LogP contribution in [0.2, 0.25) is 0 Å². The van der Waals surface area contributed by atoms with Crippen LogP contribution in [-0.2, 0) is 5.41 Å². The number of benzene rings is 7. The lowest BCUT2D eigenvalue weighted by atomic mass is 9.78. The Morgan fingerprint density at radius 3 is 1.81 bits per heavy atom. The van der Waals surface area contributed by atoms with Gasteiger partial charge in [-0.1, -0.05) is 173 Å². The Kier molecular flexibility index (Phi) is 9.18. The second kappa shape index (κ2) is 14.9. The lowest BCUT2D eigenvalue weighted by molar-refractivity contribution is 0.420. The fourth-order valence-corrected chi connectivity index (χ4v) is 12.2. The topological polar surface area (TPSA) is 3.24 Å². The maximum Gasteiger partial charge on any atom is 0.0543 e. The zero-order valence-corrected chi connectivity index (χ0v) is 34.7. The molecule has 4 aliphatic rings. The van der Waals surface area contributed by atoms with E-state index in [1.807, 2.05) is 0 Å². The van der Waals surface area contributed by atoms with Gasteiger partial charge in [-0.15, -0.1) is 0 Å². The van der Waals surface area contributed by atoms with Gasteiger partial charge in [-0.3, -0.25) is 0 Å². The number of hydrogen-bond donors (Lipinski definition) is 0. The molecule has 0 spiro atoms. The predicted molar refractivity (Wildman–Crippen MR) is 249 cm³/mol. The summed E-state index contributed by atoms with van der Waals surface area (Å²) in [6, 6.07) is 62.4. The number of fused-ring (bicyclic) bond motifs is 5. The zero-order chi connectivity index (χ0) is 39.5. The van der Waals surface area contributed by atoms with E-state index in [1.165, 1.54) is 142 Å². The summed E-state index contributed by atoms with van der Waals surface area (Å²) in [4.78, 5) is 2.56. The molecule has 0 aliphatic heterocycles. The first-order valence-corrected chi connectivity index (χ1v) is 22.5. The third-order valence-corrected chi connectivity index (χ3v) is 15.0. The summed E-state index contributed by atoms with van der Waals surface area (Å²) in [5.41, 5.74) is 19.8. The molecular weight excluding hydrogens is 711 g/mol. The van der Waals surface area contributed by atoms with Crippen LogP contribution in [0.5, 0.6) is 0 Å². The van der Waals surface area contributed by atoms with Gasteiger partial charge >= 0.3 is 0 Å². The van der Waals surface area contributed by atoms with Crippen LogP contribution in [0.1, 0.15) is 106 Å². The highest BCUT2D eigenvalue weighted by atomic mass is 15.1. The molecule has 4 aliphatic carbocycles. The van der Waals surface area contributed by atoms with Crippen LogP contribution < -0.4 is 4.90 Å². The van der Waals surface area contributed by atoms with Gasteiger partial charge in [0.15, 0.2) is 0 Å². The van der Waals surface area contributed by atoms with E-state index in [0.717, 1.165) is 11.8 Å². The van der Waals surface area contributed by atoms with Crippen molar-refractivity contribution in [3.63, 3.8) is 0 Å². The second-order valence-corrected chi connectivity index (χ2v) is 18.6. The fraction of sp³-hybridized carbons (Fsp3) is 0.276. The minimum atomic E-state index is -0.222. The Balaban J connectivity index is 1.09. The molecule has 59 heavy (non-hydrogen) atoms. The fourth-order valence-electron chi connectivity index (χ4n) is 12.2. The Bertz CT molecular complexity index is 2610. The van der Waals surface area contributed by atoms with Crippen molar-refractivity contribution >= 4 is 17.1 Å². The molecule has 0 amide bonds. The molecule has 1 nitrogen and oxygen atoms in total. The summed E-state index contributed by atoms with van der Waals surface area (Å²) in [5.74, 6) is 3.15. The maximum absolute atomic E-state index is 2.56. The van der Waals surface area contributed by atoms with Gasteiger partial charge in [0.05, 0.1) is 5.69 Å². The zero-order valence-electron chi connectivity index (χ0n) is 34.7. The average molecular weight is 766 g/mol. The molecular formula is C58H55N. The Morgan fingerprint density at radius 1 is 0.475 bits per heavy atom. The molecule has 0 N–H and O–H groups in total. The van der Waals surface area contributed by atoms with E-state index in [-0.39, 0.29) is 5.41 Å². The van der Waals surface area contributed by atoms with Gasteiger partial charge in [-0.05, 0) is 147 Å².